The number of hydrogen-bond donors (Lipinski definition) is 3. The number of nitrogens with one attached hydrogen (secondary N) is 3. The monoisotopic (exact) mass is 374 g/mol. The molecule has 3 saturated heterocycles. The predicted molar refractivity (Wildman–Crippen MR) is 101 cm³/mol. The average Bonchev–Trinajstić information content (AvgIpc) is 3.05. The number of aromatic amines is 1. The molecule has 2 unspecified atom stereocenters. The minimum absolute atomic E-state index is 0.232. The molecule has 6 nitrogen and oxygen atoms in total. The number of aryl methyl sites for hydroxylation is 1. The Labute approximate surface area is 157 Å². The Kier molecular flexibility index (Phi) is 4.73. The Morgan fingerprint density at radius 3 is 2.85 bits per heavy atom. The number of morpholine rings is 1. The highest BCUT2D eigenvalue weighted by molar-refractivity contribution is 6.34. The third-order valence-electron chi connectivity index (χ3n) is 5.29. The number of carbonyl (C=O) groups excluding carboxylic acids is 1. The number of fused-ring (bicyclic) bond motifs is 3. The van der Waals surface area contributed by atoms with Crippen LogP contribution >= 0.6 is 11.6 Å². The summed E-state index contributed by atoms with van der Waals surface area (Å²) in [6.45, 7) is 3.65. The molecule has 1 aromatic heterocycles. The second-order valence-electron chi connectivity index (χ2n) is 7.07. The number of rotatable bonds is 5. The molecule has 3 fully saturated rings. The second kappa shape index (κ2) is 7.02. The maximum Gasteiger partial charge on any atom is 0.277 e. The number of ether oxygens (including phenoxy) is 1. The zero-order valence-corrected chi connectivity index (χ0v) is 15.5. The van der Waals surface area contributed by atoms with Crippen LogP contribution in [-0.4, -0.2) is 35.3 Å². The molecule has 2 aromatic rings. The van der Waals surface area contributed by atoms with E-state index in [4.69, 9.17) is 16.3 Å². The highest BCUT2D eigenvalue weighted by Crippen LogP contribution is 2.38. The molecule has 26 heavy (non-hydrogen) atoms. The van der Waals surface area contributed by atoms with Gasteiger partial charge in [-0.05, 0) is 37.0 Å². The summed E-state index contributed by atoms with van der Waals surface area (Å²) in [5.74, 6) is -0.310. The Morgan fingerprint density at radius 2 is 2.23 bits per heavy atom. The fourth-order valence-corrected chi connectivity index (χ4v) is 4.01. The number of H-pyrrole nitrogens is 1. The van der Waals surface area contributed by atoms with Crippen molar-refractivity contribution >= 4 is 23.2 Å². The molecule has 138 valence electrons. The van der Waals surface area contributed by atoms with Gasteiger partial charge in [-0.1, -0.05) is 37.1 Å². The van der Waals surface area contributed by atoms with E-state index in [0.717, 1.165) is 50.1 Å². The van der Waals surface area contributed by atoms with Gasteiger partial charge in [0.05, 0.1) is 17.3 Å². The van der Waals surface area contributed by atoms with Crippen LogP contribution in [0.5, 0.6) is 0 Å². The van der Waals surface area contributed by atoms with Gasteiger partial charge >= 0.3 is 0 Å². The minimum atomic E-state index is -0.310. The van der Waals surface area contributed by atoms with E-state index in [0.29, 0.717) is 16.8 Å². The van der Waals surface area contributed by atoms with Crippen LogP contribution in [-0.2, 0) is 16.8 Å². The predicted octanol–water partition coefficient (Wildman–Crippen LogP) is 3.25. The summed E-state index contributed by atoms with van der Waals surface area (Å²) in [5.41, 5.74) is 2.65. The molecule has 1 aromatic carbocycles. The van der Waals surface area contributed by atoms with E-state index in [9.17, 15) is 4.79 Å². The van der Waals surface area contributed by atoms with Crippen LogP contribution in [0, 0.1) is 0 Å². The summed E-state index contributed by atoms with van der Waals surface area (Å²) < 4.78 is 6.10. The molecule has 3 N–H and O–H groups in total. The number of carbonyl (C=O) groups is 1. The maximum absolute atomic E-state index is 12.5. The van der Waals surface area contributed by atoms with Crippen molar-refractivity contribution in [1.82, 2.24) is 15.5 Å². The summed E-state index contributed by atoms with van der Waals surface area (Å²) in [6.07, 6.45) is 3.87. The van der Waals surface area contributed by atoms with Gasteiger partial charge < -0.3 is 15.4 Å². The normalized spacial score (nSPS) is 24.6. The average molecular weight is 375 g/mol. The van der Waals surface area contributed by atoms with Crippen molar-refractivity contribution in [3.05, 3.63) is 46.2 Å². The Bertz CT molecular complexity index is 781. The number of anilines is 1. The summed E-state index contributed by atoms with van der Waals surface area (Å²) in [4.78, 5) is 12.5. The zero-order chi connectivity index (χ0) is 18.1. The molecule has 7 heteroatoms. The first kappa shape index (κ1) is 17.5. The van der Waals surface area contributed by atoms with Gasteiger partial charge in [0.15, 0.2) is 5.69 Å². The number of hydrogen-bond acceptors (Lipinski definition) is 4. The largest absolute Gasteiger partial charge is 0.367 e. The summed E-state index contributed by atoms with van der Waals surface area (Å²) in [6, 6.07) is 8.35. The molecule has 0 saturated carbocycles. The van der Waals surface area contributed by atoms with E-state index in [1.807, 2.05) is 24.3 Å². The first-order chi connectivity index (χ1) is 12.6. The molecule has 0 radical (unpaired) electrons. The summed E-state index contributed by atoms with van der Waals surface area (Å²) in [5, 5.41) is 13.7. The van der Waals surface area contributed by atoms with Crippen molar-refractivity contribution in [3.63, 3.8) is 0 Å². The molecule has 2 atom stereocenters. The van der Waals surface area contributed by atoms with E-state index >= 15 is 0 Å². The smallest absolute Gasteiger partial charge is 0.277 e. The zero-order valence-electron chi connectivity index (χ0n) is 14.8. The van der Waals surface area contributed by atoms with Crippen LogP contribution in [0.15, 0.2) is 24.3 Å². The lowest BCUT2D eigenvalue weighted by molar-refractivity contribution is -0.129. The first-order valence-corrected chi connectivity index (χ1v) is 9.51. The maximum atomic E-state index is 12.5. The number of amides is 1. The summed E-state index contributed by atoms with van der Waals surface area (Å²) in [7, 11) is 0. The Morgan fingerprint density at radius 1 is 1.42 bits per heavy atom. The molecule has 4 heterocycles. The van der Waals surface area contributed by atoms with Crippen molar-refractivity contribution < 1.29 is 9.53 Å². The van der Waals surface area contributed by atoms with E-state index < -0.39 is 0 Å². The number of benzene rings is 1. The molecular weight excluding hydrogens is 352 g/mol. The fourth-order valence-electron chi connectivity index (χ4n) is 3.74. The van der Waals surface area contributed by atoms with Gasteiger partial charge in [0.25, 0.3) is 5.91 Å². The lowest BCUT2D eigenvalue weighted by Crippen LogP contribution is -2.57. The third-order valence-corrected chi connectivity index (χ3v) is 5.70. The van der Waals surface area contributed by atoms with Crippen LogP contribution in [0.2, 0.25) is 5.02 Å². The second-order valence-corrected chi connectivity index (χ2v) is 7.45. The summed E-state index contributed by atoms with van der Waals surface area (Å²) >= 11 is 6.25. The molecule has 3 aliphatic rings. The van der Waals surface area contributed by atoms with Crippen LogP contribution in [0.4, 0.5) is 5.69 Å². The van der Waals surface area contributed by atoms with Crippen molar-refractivity contribution in [1.29, 1.82) is 0 Å². The Hall–Kier alpha value is -1.89. The lowest BCUT2D eigenvalue weighted by atomic mass is 9.81. The molecule has 0 aliphatic carbocycles. The molecule has 3 aliphatic heterocycles. The highest BCUT2D eigenvalue weighted by atomic mass is 35.5. The van der Waals surface area contributed by atoms with E-state index in [1.54, 1.807) is 0 Å². The van der Waals surface area contributed by atoms with Gasteiger partial charge in [0.2, 0.25) is 0 Å². The molecule has 1 amide bonds. The number of nitrogens with zero attached hydrogens (tertiary/aromatic N) is 1. The van der Waals surface area contributed by atoms with Gasteiger partial charge in [0, 0.05) is 18.3 Å². The van der Waals surface area contributed by atoms with Crippen molar-refractivity contribution in [2.45, 2.75) is 44.2 Å². The van der Waals surface area contributed by atoms with E-state index in [1.165, 1.54) is 0 Å². The van der Waals surface area contributed by atoms with Gasteiger partial charge in [-0.2, -0.15) is 5.10 Å². The first-order valence-electron chi connectivity index (χ1n) is 9.13. The number of aromatic nitrogens is 2. The highest BCUT2D eigenvalue weighted by Gasteiger charge is 2.42. The fraction of sp³-hybridized carbons (Fsp3) is 0.474. The van der Waals surface area contributed by atoms with Crippen LogP contribution in [0.1, 0.15) is 47.9 Å². The van der Waals surface area contributed by atoms with Gasteiger partial charge in [-0.15, -0.1) is 0 Å². The van der Waals surface area contributed by atoms with Crippen molar-refractivity contribution in [2.24, 2.45) is 0 Å². The van der Waals surface area contributed by atoms with Crippen LogP contribution in [0.3, 0.4) is 0 Å². The van der Waals surface area contributed by atoms with Crippen LogP contribution in [0.25, 0.3) is 0 Å². The van der Waals surface area contributed by atoms with E-state index in [-0.39, 0.29) is 17.2 Å². The van der Waals surface area contributed by atoms with Crippen molar-refractivity contribution in [3.8, 4) is 0 Å². The molecule has 5 rings (SSSR count). The standard InChI is InChI=1S/C19H23ClN4O2/c1-2-3-15-16(20)17(24-23-15)18(25)22-13-6-4-12(5-7-13)19-9-8-14(10-26-19)21-11-19/h4-7,14,21H,2-3,8-11H2,1H3,(H,22,25)(H,23,24). The quantitative estimate of drug-likeness (QED) is 0.750. The van der Waals surface area contributed by atoms with Crippen LogP contribution < -0.4 is 10.6 Å². The number of halogens is 1. The molecule has 0 spiro atoms. The molecule has 2 bridgehead atoms. The van der Waals surface area contributed by atoms with E-state index in [2.05, 4.69) is 27.8 Å². The van der Waals surface area contributed by atoms with Gasteiger partial charge in [-0.25, -0.2) is 0 Å². The lowest BCUT2D eigenvalue weighted by Gasteiger charge is -2.47. The Balaban J connectivity index is 1.47. The minimum Gasteiger partial charge on any atom is -0.367 e. The van der Waals surface area contributed by atoms with Gasteiger partial charge in [-0.3, -0.25) is 9.89 Å². The number of piperidine rings is 1. The molecular formula is C19H23ClN4O2. The van der Waals surface area contributed by atoms with Crippen molar-refractivity contribution in [2.75, 3.05) is 18.5 Å². The SMILES string of the molecule is CCCc1[nH]nc(C(=O)Nc2ccc(C34CCC(CO3)NC4)cc2)c1Cl. The van der Waals surface area contributed by atoms with Gasteiger partial charge in [0.1, 0.15) is 5.60 Å². The topological polar surface area (TPSA) is 79.0 Å². The third kappa shape index (κ3) is 3.13.